The summed E-state index contributed by atoms with van der Waals surface area (Å²) in [6.45, 7) is 1.70. The molecule has 3 N–H and O–H groups in total. The van der Waals surface area contributed by atoms with Crippen LogP contribution in [0.1, 0.15) is 18.5 Å². The Morgan fingerprint density at radius 1 is 1.12 bits per heavy atom. The molecule has 0 aromatic heterocycles. The van der Waals surface area contributed by atoms with Crippen molar-refractivity contribution in [3.63, 3.8) is 0 Å². The van der Waals surface area contributed by atoms with E-state index in [1.54, 1.807) is 14.0 Å². The molecule has 2 atom stereocenters. The molecule has 0 fully saturated rings. The molecule has 0 bridgehead atoms. The standard InChI is InChI=1S/C14H17NO2/c1-9(16)14(15)12-7-8-13(17-2)11-6-4-3-5-10(11)12/h3-9,14,16H,15H2,1-2H3/t9-,14-/m1/s1. The van der Waals surface area contributed by atoms with E-state index in [2.05, 4.69) is 0 Å². The minimum Gasteiger partial charge on any atom is -0.496 e. The quantitative estimate of drug-likeness (QED) is 0.851. The molecule has 0 aliphatic carbocycles. The second-order valence-corrected chi connectivity index (χ2v) is 4.17. The highest BCUT2D eigenvalue weighted by Crippen LogP contribution is 2.31. The summed E-state index contributed by atoms with van der Waals surface area (Å²) < 4.78 is 5.32. The molecule has 0 spiro atoms. The van der Waals surface area contributed by atoms with Gasteiger partial charge in [-0.1, -0.05) is 30.3 Å². The maximum atomic E-state index is 9.60. The first-order valence-electron chi connectivity index (χ1n) is 5.64. The number of aliphatic hydroxyl groups is 1. The summed E-state index contributed by atoms with van der Waals surface area (Å²) in [7, 11) is 1.65. The lowest BCUT2D eigenvalue weighted by Crippen LogP contribution is -2.23. The second kappa shape index (κ2) is 4.73. The van der Waals surface area contributed by atoms with Crippen LogP contribution in [0, 0.1) is 0 Å². The van der Waals surface area contributed by atoms with Gasteiger partial charge in [-0.3, -0.25) is 0 Å². The van der Waals surface area contributed by atoms with E-state index in [1.165, 1.54) is 0 Å². The van der Waals surface area contributed by atoms with E-state index in [-0.39, 0.29) is 6.04 Å². The fourth-order valence-corrected chi connectivity index (χ4v) is 2.02. The Labute approximate surface area is 101 Å². The number of fused-ring (bicyclic) bond motifs is 1. The van der Waals surface area contributed by atoms with Crippen molar-refractivity contribution in [1.82, 2.24) is 0 Å². The summed E-state index contributed by atoms with van der Waals surface area (Å²) >= 11 is 0. The second-order valence-electron chi connectivity index (χ2n) is 4.17. The molecule has 0 unspecified atom stereocenters. The van der Waals surface area contributed by atoms with Crippen LogP contribution < -0.4 is 10.5 Å². The van der Waals surface area contributed by atoms with Crippen molar-refractivity contribution in [3.05, 3.63) is 42.0 Å². The summed E-state index contributed by atoms with van der Waals surface area (Å²) in [6.07, 6.45) is -0.577. The topological polar surface area (TPSA) is 55.5 Å². The molecule has 0 heterocycles. The van der Waals surface area contributed by atoms with E-state index in [9.17, 15) is 5.11 Å². The largest absolute Gasteiger partial charge is 0.496 e. The highest BCUT2D eigenvalue weighted by Gasteiger charge is 2.16. The van der Waals surface area contributed by atoms with E-state index in [0.717, 1.165) is 22.1 Å². The minimum absolute atomic E-state index is 0.384. The van der Waals surface area contributed by atoms with Gasteiger partial charge in [0.25, 0.3) is 0 Å². The zero-order valence-corrected chi connectivity index (χ0v) is 10.1. The molecule has 0 radical (unpaired) electrons. The fourth-order valence-electron chi connectivity index (χ4n) is 2.02. The zero-order chi connectivity index (χ0) is 12.4. The molecule has 0 aliphatic rings. The maximum absolute atomic E-state index is 9.60. The van der Waals surface area contributed by atoms with Crippen molar-refractivity contribution in [2.24, 2.45) is 5.73 Å². The molecule has 17 heavy (non-hydrogen) atoms. The summed E-state index contributed by atoms with van der Waals surface area (Å²) in [5.41, 5.74) is 6.95. The van der Waals surface area contributed by atoms with E-state index in [1.807, 2.05) is 36.4 Å². The van der Waals surface area contributed by atoms with Crippen LogP contribution in [-0.4, -0.2) is 18.3 Å². The van der Waals surface area contributed by atoms with Crippen LogP contribution in [0.4, 0.5) is 0 Å². The van der Waals surface area contributed by atoms with Crippen LogP contribution >= 0.6 is 0 Å². The average molecular weight is 231 g/mol. The Morgan fingerprint density at radius 2 is 1.76 bits per heavy atom. The van der Waals surface area contributed by atoms with Gasteiger partial charge in [0.15, 0.2) is 0 Å². The lowest BCUT2D eigenvalue weighted by Gasteiger charge is -2.18. The molecule has 3 heteroatoms. The van der Waals surface area contributed by atoms with Crippen molar-refractivity contribution in [2.75, 3.05) is 7.11 Å². The molecule has 2 aromatic carbocycles. The maximum Gasteiger partial charge on any atom is 0.126 e. The minimum atomic E-state index is -0.577. The third-order valence-corrected chi connectivity index (χ3v) is 3.02. The smallest absolute Gasteiger partial charge is 0.126 e. The summed E-state index contributed by atoms with van der Waals surface area (Å²) in [4.78, 5) is 0. The van der Waals surface area contributed by atoms with Crippen molar-refractivity contribution in [3.8, 4) is 5.75 Å². The summed E-state index contributed by atoms with van der Waals surface area (Å²) in [6, 6.07) is 11.3. The molecule has 90 valence electrons. The fraction of sp³-hybridized carbons (Fsp3) is 0.286. The first-order chi connectivity index (χ1) is 8.15. The normalized spacial score (nSPS) is 14.6. The number of methoxy groups -OCH3 is 1. The van der Waals surface area contributed by atoms with Gasteiger partial charge >= 0.3 is 0 Å². The monoisotopic (exact) mass is 231 g/mol. The number of benzene rings is 2. The van der Waals surface area contributed by atoms with E-state index in [0.29, 0.717) is 0 Å². The molecule has 2 aromatic rings. The lowest BCUT2D eigenvalue weighted by atomic mass is 9.96. The van der Waals surface area contributed by atoms with E-state index in [4.69, 9.17) is 10.5 Å². The number of hydrogen-bond acceptors (Lipinski definition) is 3. The number of nitrogens with two attached hydrogens (primary N) is 1. The number of rotatable bonds is 3. The van der Waals surface area contributed by atoms with Gasteiger partial charge in [0.1, 0.15) is 5.75 Å². The zero-order valence-electron chi connectivity index (χ0n) is 10.1. The highest BCUT2D eigenvalue weighted by atomic mass is 16.5. The Bertz CT molecular complexity index is 523. The van der Waals surface area contributed by atoms with Gasteiger partial charge in [0.05, 0.1) is 19.3 Å². The van der Waals surface area contributed by atoms with Crippen LogP contribution in [0.3, 0.4) is 0 Å². The van der Waals surface area contributed by atoms with Crippen molar-refractivity contribution >= 4 is 10.8 Å². The van der Waals surface area contributed by atoms with Crippen LogP contribution in [0.15, 0.2) is 36.4 Å². The van der Waals surface area contributed by atoms with Crippen LogP contribution in [-0.2, 0) is 0 Å². The predicted molar refractivity (Wildman–Crippen MR) is 69.1 cm³/mol. The van der Waals surface area contributed by atoms with Crippen molar-refractivity contribution in [2.45, 2.75) is 19.1 Å². The molecule has 0 aliphatic heterocycles. The number of hydrogen-bond donors (Lipinski definition) is 2. The van der Waals surface area contributed by atoms with Gasteiger partial charge in [-0.25, -0.2) is 0 Å². The Balaban J connectivity index is 2.66. The molecular weight excluding hydrogens is 214 g/mol. The Morgan fingerprint density at radius 3 is 2.35 bits per heavy atom. The molecule has 0 saturated heterocycles. The molecule has 3 nitrogen and oxygen atoms in total. The van der Waals surface area contributed by atoms with Gasteiger partial charge in [-0.2, -0.15) is 0 Å². The van der Waals surface area contributed by atoms with Crippen molar-refractivity contribution < 1.29 is 9.84 Å². The van der Waals surface area contributed by atoms with Gasteiger partial charge < -0.3 is 15.6 Å². The highest BCUT2D eigenvalue weighted by molar-refractivity contribution is 5.91. The lowest BCUT2D eigenvalue weighted by molar-refractivity contribution is 0.165. The third-order valence-electron chi connectivity index (χ3n) is 3.02. The Kier molecular flexibility index (Phi) is 3.31. The first-order valence-corrected chi connectivity index (χ1v) is 5.64. The molecule has 0 saturated carbocycles. The first kappa shape index (κ1) is 11.9. The van der Waals surface area contributed by atoms with Crippen LogP contribution in [0.25, 0.3) is 10.8 Å². The average Bonchev–Trinajstić information content (AvgIpc) is 2.36. The molecular formula is C14H17NO2. The van der Waals surface area contributed by atoms with Crippen LogP contribution in [0.2, 0.25) is 0 Å². The van der Waals surface area contributed by atoms with Gasteiger partial charge in [0, 0.05) is 5.39 Å². The van der Waals surface area contributed by atoms with Crippen LogP contribution in [0.5, 0.6) is 5.75 Å². The number of aliphatic hydroxyl groups excluding tert-OH is 1. The van der Waals surface area contributed by atoms with E-state index < -0.39 is 6.10 Å². The van der Waals surface area contributed by atoms with Crippen molar-refractivity contribution in [1.29, 1.82) is 0 Å². The number of ether oxygens (including phenoxy) is 1. The summed E-state index contributed by atoms with van der Waals surface area (Å²) in [5.74, 6) is 0.821. The SMILES string of the molecule is COc1ccc([C@H](N)[C@@H](C)O)c2ccccc12. The molecule has 2 rings (SSSR count). The Hall–Kier alpha value is -1.58. The van der Waals surface area contributed by atoms with Gasteiger partial charge in [-0.05, 0) is 23.9 Å². The third kappa shape index (κ3) is 2.12. The van der Waals surface area contributed by atoms with Gasteiger partial charge in [0.2, 0.25) is 0 Å². The van der Waals surface area contributed by atoms with Gasteiger partial charge in [-0.15, -0.1) is 0 Å². The van der Waals surface area contributed by atoms with E-state index >= 15 is 0 Å². The predicted octanol–water partition coefficient (Wildman–Crippen LogP) is 2.23. The molecule has 0 amide bonds. The summed E-state index contributed by atoms with van der Waals surface area (Å²) in [5, 5.41) is 11.6.